The van der Waals surface area contributed by atoms with Gasteiger partial charge >= 0.3 is 6.61 Å². The molecule has 0 saturated heterocycles. The topological polar surface area (TPSA) is 43.4 Å². The number of aldehydes is 1. The summed E-state index contributed by atoms with van der Waals surface area (Å²) in [6.07, 6.45) is 0.491. The molecule has 0 aromatic heterocycles. The van der Waals surface area contributed by atoms with Crippen molar-refractivity contribution in [2.45, 2.75) is 18.4 Å². The molecule has 1 aromatic rings. The van der Waals surface area contributed by atoms with Crippen molar-refractivity contribution in [3.63, 3.8) is 0 Å². The highest BCUT2D eigenvalue weighted by atomic mass is 79.9. The Morgan fingerprint density at radius 2 is 2.12 bits per heavy atom. The molecular formula is C11H9BrF2O3. The predicted molar refractivity (Wildman–Crippen MR) is 60.8 cm³/mol. The molecular weight excluding hydrogens is 298 g/mol. The summed E-state index contributed by atoms with van der Waals surface area (Å²) in [5, 5.41) is 0. The minimum Gasteiger partial charge on any atom is -0.435 e. The van der Waals surface area contributed by atoms with E-state index in [9.17, 15) is 18.4 Å². The molecule has 0 aliphatic heterocycles. The molecule has 0 heterocycles. The van der Waals surface area contributed by atoms with Crippen LogP contribution in [-0.2, 0) is 4.79 Å². The second-order valence-electron chi connectivity index (χ2n) is 3.26. The zero-order valence-corrected chi connectivity index (χ0v) is 10.4. The van der Waals surface area contributed by atoms with E-state index >= 15 is 0 Å². The summed E-state index contributed by atoms with van der Waals surface area (Å²) < 4.78 is 28.1. The molecule has 0 amide bonds. The van der Waals surface area contributed by atoms with E-state index in [1.165, 1.54) is 25.1 Å². The van der Waals surface area contributed by atoms with Crippen molar-refractivity contribution in [2.24, 2.45) is 0 Å². The van der Waals surface area contributed by atoms with Crippen LogP contribution in [0, 0.1) is 0 Å². The first-order valence-corrected chi connectivity index (χ1v) is 5.55. The zero-order valence-electron chi connectivity index (χ0n) is 8.82. The van der Waals surface area contributed by atoms with Gasteiger partial charge in [-0.25, -0.2) is 0 Å². The molecule has 3 nitrogen and oxygen atoms in total. The Balaban J connectivity index is 3.09. The van der Waals surface area contributed by atoms with Gasteiger partial charge in [0.25, 0.3) is 0 Å². The van der Waals surface area contributed by atoms with Crippen LogP contribution >= 0.6 is 15.9 Å². The molecule has 0 aliphatic rings. The van der Waals surface area contributed by atoms with Crippen LogP contribution in [0.5, 0.6) is 5.75 Å². The summed E-state index contributed by atoms with van der Waals surface area (Å²) in [6.45, 7) is -1.59. The molecule has 0 N–H and O–H groups in total. The van der Waals surface area contributed by atoms with Crippen LogP contribution in [0.4, 0.5) is 8.78 Å². The van der Waals surface area contributed by atoms with Crippen LogP contribution in [0.3, 0.4) is 0 Å². The molecule has 92 valence electrons. The molecule has 0 spiro atoms. The number of benzene rings is 1. The first-order chi connectivity index (χ1) is 7.95. The summed E-state index contributed by atoms with van der Waals surface area (Å²) >= 11 is 3.12. The Hall–Kier alpha value is -1.30. The molecule has 1 aromatic carbocycles. The second kappa shape index (κ2) is 5.86. The maximum Gasteiger partial charge on any atom is 0.387 e. The van der Waals surface area contributed by atoms with Crippen LogP contribution in [0.2, 0.25) is 0 Å². The van der Waals surface area contributed by atoms with Crippen molar-refractivity contribution in [3.8, 4) is 5.75 Å². The van der Waals surface area contributed by atoms with Crippen LogP contribution in [0.25, 0.3) is 0 Å². The van der Waals surface area contributed by atoms with Crippen LogP contribution in [0.15, 0.2) is 18.2 Å². The number of carbonyl (C=O) groups is 2. The van der Waals surface area contributed by atoms with Gasteiger partial charge in [-0.3, -0.25) is 9.59 Å². The van der Waals surface area contributed by atoms with Crippen LogP contribution < -0.4 is 4.74 Å². The highest BCUT2D eigenvalue weighted by Crippen LogP contribution is 2.29. The molecule has 0 bridgehead atoms. The number of ketones is 1. The third kappa shape index (κ3) is 3.59. The lowest BCUT2D eigenvalue weighted by atomic mass is 10.0. The van der Waals surface area contributed by atoms with Gasteiger partial charge in [0.2, 0.25) is 0 Å². The fourth-order valence-electron chi connectivity index (χ4n) is 1.28. The van der Waals surface area contributed by atoms with Crippen molar-refractivity contribution in [1.82, 2.24) is 0 Å². The molecule has 6 heteroatoms. The van der Waals surface area contributed by atoms with Gasteiger partial charge in [-0.1, -0.05) is 22.0 Å². The Morgan fingerprint density at radius 1 is 1.47 bits per heavy atom. The van der Waals surface area contributed by atoms with E-state index in [-0.39, 0.29) is 17.1 Å². The first-order valence-electron chi connectivity index (χ1n) is 4.64. The number of carbonyl (C=O) groups excluding carboxylic acids is 2. The second-order valence-corrected chi connectivity index (χ2v) is 4.18. The summed E-state index contributed by atoms with van der Waals surface area (Å²) in [6, 6.07) is 3.86. The predicted octanol–water partition coefficient (Wildman–Crippen LogP) is 3.13. The summed E-state index contributed by atoms with van der Waals surface area (Å²) in [5.74, 6) is -0.301. The standard InChI is InChI=1S/C11H9BrF2O3/c1-6(16)10(12)9-3-2-8(17-11(13)14)4-7(9)5-15/h2-5,10-11H,1H3. The van der Waals surface area contributed by atoms with Gasteiger partial charge in [0.1, 0.15) is 11.5 Å². The molecule has 0 radical (unpaired) electrons. The lowest BCUT2D eigenvalue weighted by molar-refractivity contribution is -0.116. The Morgan fingerprint density at radius 3 is 2.59 bits per heavy atom. The summed E-state index contributed by atoms with van der Waals surface area (Å²) in [5.41, 5.74) is 0.564. The van der Waals surface area contributed by atoms with Gasteiger partial charge in [0.05, 0.1) is 4.83 Å². The largest absolute Gasteiger partial charge is 0.435 e. The van der Waals surface area contributed by atoms with Gasteiger partial charge in [-0.2, -0.15) is 8.78 Å². The SMILES string of the molecule is CC(=O)C(Br)c1ccc(OC(F)F)cc1C=O. The first kappa shape index (κ1) is 13.8. The number of hydrogen-bond acceptors (Lipinski definition) is 3. The fourth-order valence-corrected chi connectivity index (χ4v) is 1.70. The van der Waals surface area contributed by atoms with E-state index in [4.69, 9.17) is 0 Å². The Bertz CT molecular complexity index is 435. The number of Topliss-reactive ketones (excluding diaryl/α,β-unsaturated/α-hetero) is 1. The van der Waals surface area contributed by atoms with E-state index in [0.29, 0.717) is 11.8 Å². The lowest BCUT2D eigenvalue weighted by Gasteiger charge is -2.11. The van der Waals surface area contributed by atoms with Gasteiger partial charge in [-0.05, 0) is 24.6 Å². The van der Waals surface area contributed by atoms with Crippen LogP contribution in [0.1, 0.15) is 27.7 Å². The minimum atomic E-state index is -2.95. The number of alkyl halides is 3. The normalized spacial score (nSPS) is 12.3. The number of hydrogen-bond donors (Lipinski definition) is 0. The lowest BCUT2D eigenvalue weighted by Crippen LogP contribution is -2.06. The minimum absolute atomic E-state index is 0.117. The summed E-state index contributed by atoms with van der Waals surface area (Å²) in [4.78, 5) is 21.3. The van der Waals surface area contributed by atoms with Crippen molar-refractivity contribution >= 4 is 28.0 Å². The maximum atomic E-state index is 12.0. The average Bonchev–Trinajstić information content (AvgIpc) is 2.27. The Labute approximate surface area is 105 Å². The third-order valence-corrected chi connectivity index (χ3v) is 3.18. The third-order valence-electron chi connectivity index (χ3n) is 2.04. The van der Waals surface area contributed by atoms with Crippen molar-refractivity contribution in [3.05, 3.63) is 29.3 Å². The number of halogens is 3. The van der Waals surface area contributed by atoms with Gasteiger partial charge in [-0.15, -0.1) is 0 Å². The molecule has 17 heavy (non-hydrogen) atoms. The van der Waals surface area contributed by atoms with E-state index in [1.807, 2.05) is 0 Å². The van der Waals surface area contributed by atoms with E-state index in [2.05, 4.69) is 20.7 Å². The molecule has 0 saturated carbocycles. The molecule has 1 atom stereocenters. The van der Waals surface area contributed by atoms with Crippen molar-refractivity contribution < 1.29 is 23.1 Å². The van der Waals surface area contributed by atoms with Crippen molar-refractivity contribution in [1.29, 1.82) is 0 Å². The van der Waals surface area contributed by atoms with Crippen molar-refractivity contribution in [2.75, 3.05) is 0 Å². The quantitative estimate of drug-likeness (QED) is 0.620. The van der Waals surface area contributed by atoms with E-state index in [0.717, 1.165) is 0 Å². The fraction of sp³-hybridized carbons (Fsp3) is 0.273. The molecule has 1 rings (SSSR count). The Kier molecular flexibility index (Phi) is 4.74. The zero-order chi connectivity index (χ0) is 13.0. The maximum absolute atomic E-state index is 12.0. The number of rotatable bonds is 5. The molecule has 0 aliphatic carbocycles. The highest BCUT2D eigenvalue weighted by Gasteiger charge is 2.17. The smallest absolute Gasteiger partial charge is 0.387 e. The van der Waals surface area contributed by atoms with E-state index < -0.39 is 11.4 Å². The molecule has 0 fully saturated rings. The van der Waals surface area contributed by atoms with Gasteiger partial charge in [0, 0.05) is 5.56 Å². The average molecular weight is 307 g/mol. The highest BCUT2D eigenvalue weighted by molar-refractivity contribution is 9.09. The van der Waals surface area contributed by atoms with E-state index in [1.54, 1.807) is 0 Å². The van der Waals surface area contributed by atoms with Crippen LogP contribution in [-0.4, -0.2) is 18.7 Å². The molecule has 1 unspecified atom stereocenters. The monoisotopic (exact) mass is 306 g/mol. The van der Waals surface area contributed by atoms with Gasteiger partial charge in [0.15, 0.2) is 6.29 Å². The number of ether oxygens (including phenoxy) is 1. The summed E-state index contributed by atoms with van der Waals surface area (Å²) in [7, 11) is 0. The van der Waals surface area contributed by atoms with Gasteiger partial charge < -0.3 is 4.74 Å².